The van der Waals surface area contributed by atoms with Crippen molar-refractivity contribution in [3.63, 3.8) is 0 Å². The van der Waals surface area contributed by atoms with E-state index in [0.717, 1.165) is 75.2 Å². The molecular formula is C33H39ClF2N6O4S. The summed E-state index contributed by atoms with van der Waals surface area (Å²) < 4.78 is 72.8. The molecule has 0 amide bonds. The van der Waals surface area contributed by atoms with E-state index in [9.17, 15) is 8.42 Å². The molecule has 2 fully saturated rings. The SMILES string of the molecule is CCOc1ccc(Cl)c(S(=O)(=O)Nc2cc(F)c(-c3nn(C(C)C)c4c3c(N)ncc4[C@H]3CC[C@H](N4CCOCC4)CC3)cc2F)c1. The van der Waals surface area contributed by atoms with E-state index >= 15 is 8.78 Å². The molecule has 1 aliphatic heterocycles. The van der Waals surface area contributed by atoms with E-state index in [-0.39, 0.29) is 44.7 Å². The van der Waals surface area contributed by atoms with Crippen molar-refractivity contribution in [2.45, 2.75) is 69.4 Å². The fourth-order valence-electron chi connectivity index (χ4n) is 6.73. The number of fused-ring (bicyclic) bond motifs is 1. The minimum Gasteiger partial charge on any atom is -0.494 e. The largest absolute Gasteiger partial charge is 0.494 e. The van der Waals surface area contributed by atoms with Crippen molar-refractivity contribution in [2.75, 3.05) is 43.4 Å². The lowest BCUT2D eigenvalue weighted by molar-refractivity contribution is 0.00731. The lowest BCUT2D eigenvalue weighted by atomic mass is 9.81. The fourth-order valence-corrected chi connectivity index (χ4v) is 8.30. The molecule has 3 N–H and O–H groups in total. The Bertz CT molecular complexity index is 1890. The summed E-state index contributed by atoms with van der Waals surface area (Å²) in [6, 6.07) is 6.22. The number of morpholine rings is 1. The number of aromatic nitrogens is 3. The molecule has 3 heterocycles. The third-order valence-corrected chi connectivity index (χ3v) is 10.9. The number of halogens is 3. The Morgan fingerprint density at radius 2 is 1.83 bits per heavy atom. The van der Waals surface area contributed by atoms with Gasteiger partial charge in [-0.3, -0.25) is 14.3 Å². The van der Waals surface area contributed by atoms with Gasteiger partial charge < -0.3 is 15.2 Å². The zero-order valence-corrected chi connectivity index (χ0v) is 28.2. The van der Waals surface area contributed by atoms with Gasteiger partial charge in [0, 0.05) is 49.1 Å². The second kappa shape index (κ2) is 13.5. The third kappa shape index (κ3) is 6.63. The van der Waals surface area contributed by atoms with Crippen molar-refractivity contribution in [1.82, 2.24) is 19.7 Å². The van der Waals surface area contributed by atoms with Gasteiger partial charge in [0.05, 0.1) is 41.4 Å². The minimum atomic E-state index is -4.41. The van der Waals surface area contributed by atoms with Gasteiger partial charge >= 0.3 is 0 Å². The first kappa shape index (κ1) is 33.4. The van der Waals surface area contributed by atoms with E-state index in [0.29, 0.717) is 18.0 Å². The van der Waals surface area contributed by atoms with Crippen LogP contribution in [0, 0.1) is 11.6 Å². The van der Waals surface area contributed by atoms with Crippen LogP contribution in [-0.4, -0.2) is 67.0 Å². The molecule has 2 aromatic heterocycles. The quantitative estimate of drug-likeness (QED) is 0.198. The van der Waals surface area contributed by atoms with Gasteiger partial charge in [0.15, 0.2) is 0 Å². The number of hydrogen-bond donors (Lipinski definition) is 2. The molecule has 10 nitrogen and oxygen atoms in total. The first-order valence-electron chi connectivity index (χ1n) is 15.9. The first-order chi connectivity index (χ1) is 22.5. The van der Waals surface area contributed by atoms with Crippen molar-refractivity contribution in [2.24, 2.45) is 0 Å². The molecule has 0 radical (unpaired) electrons. The van der Waals surface area contributed by atoms with Gasteiger partial charge in [-0.15, -0.1) is 0 Å². The highest BCUT2D eigenvalue weighted by Gasteiger charge is 2.32. The maximum absolute atomic E-state index is 15.9. The second-order valence-electron chi connectivity index (χ2n) is 12.3. The zero-order chi connectivity index (χ0) is 33.5. The maximum atomic E-state index is 15.9. The fraction of sp³-hybridized carbons (Fsp3) is 0.455. The molecule has 6 rings (SSSR count). The van der Waals surface area contributed by atoms with Crippen molar-refractivity contribution in [3.8, 4) is 17.0 Å². The maximum Gasteiger partial charge on any atom is 0.263 e. The standard InChI is InChI=1S/C33H39ClF2N6O4S/c1-4-46-22-9-10-25(34)29(15-22)47(43,44)40-28-17-26(35)23(16-27(28)36)31-30-32(42(39-31)19(2)3)24(18-38-33(30)37)20-5-7-21(8-6-20)41-11-13-45-14-12-41/h9-10,15-21,40H,4-8,11-14H2,1-3H3,(H2,37,38)/t20-,21-. The topological polar surface area (TPSA) is 125 Å². The summed E-state index contributed by atoms with van der Waals surface area (Å²) in [4.78, 5) is 6.68. The molecule has 1 saturated heterocycles. The predicted octanol–water partition coefficient (Wildman–Crippen LogP) is 6.75. The number of benzene rings is 2. The highest BCUT2D eigenvalue weighted by molar-refractivity contribution is 7.92. The summed E-state index contributed by atoms with van der Waals surface area (Å²) in [6.45, 7) is 9.40. The third-order valence-electron chi connectivity index (χ3n) is 9.03. The molecule has 0 bridgehead atoms. The van der Waals surface area contributed by atoms with Crippen LogP contribution in [0.1, 0.15) is 64.0 Å². The number of hydrogen-bond acceptors (Lipinski definition) is 8. The summed E-state index contributed by atoms with van der Waals surface area (Å²) in [7, 11) is -4.41. The Morgan fingerprint density at radius 1 is 1.11 bits per heavy atom. The first-order valence-corrected chi connectivity index (χ1v) is 17.8. The van der Waals surface area contributed by atoms with Crippen LogP contribution in [0.15, 0.2) is 41.4 Å². The van der Waals surface area contributed by atoms with Crippen molar-refractivity contribution in [1.29, 1.82) is 0 Å². The molecule has 1 aliphatic carbocycles. The number of ether oxygens (including phenoxy) is 2. The van der Waals surface area contributed by atoms with Crippen LogP contribution in [0.3, 0.4) is 0 Å². The second-order valence-corrected chi connectivity index (χ2v) is 14.4. The average Bonchev–Trinajstić information content (AvgIpc) is 3.46. The molecular weight excluding hydrogens is 650 g/mol. The van der Waals surface area contributed by atoms with E-state index < -0.39 is 27.3 Å². The molecule has 4 aromatic rings. The van der Waals surface area contributed by atoms with Crippen LogP contribution < -0.4 is 15.2 Å². The molecule has 1 saturated carbocycles. The van der Waals surface area contributed by atoms with Gasteiger partial charge in [0.1, 0.15) is 33.8 Å². The number of nitrogens with one attached hydrogen (secondary N) is 1. The number of rotatable bonds is 9. The van der Waals surface area contributed by atoms with Crippen molar-refractivity contribution in [3.05, 3.63) is 58.7 Å². The van der Waals surface area contributed by atoms with Crippen LogP contribution >= 0.6 is 11.6 Å². The predicted molar refractivity (Wildman–Crippen MR) is 178 cm³/mol. The van der Waals surface area contributed by atoms with Gasteiger partial charge in [-0.1, -0.05) is 11.6 Å². The summed E-state index contributed by atoms with van der Waals surface area (Å²) in [5.41, 5.74) is 7.56. The van der Waals surface area contributed by atoms with E-state index in [1.54, 1.807) is 17.8 Å². The molecule has 0 unspecified atom stereocenters. The van der Waals surface area contributed by atoms with E-state index in [2.05, 4.69) is 14.6 Å². The molecule has 0 atom stereocenters. The van der Waals surface area contributed by atoms with Crippen LogP contribution in [-0.2, 0) is 14.8 Å². The van der Waals surface area contributed by atoms with Crippen LogP contribution in [0.4, 0.5) is 20.3 Å². The molecule has 252 valence electrons. The summed E-state index contributed by atoms with van der Waals surface area (Å²) >= 11 is 6.16. The highest BCUT2D eigenvalue weighted by atomic mass is 35.5. The van der Waals surface area contributed by atoms with Gasteiger partial charge in [-0.05, 0) is 76.1 Å². The monoisotopic (exact) mass is 688 g/mol. The van der Waals surface area contributed by atoms with Crippen LogP contribution in [0.5, 0.6) is 5.75 Å². The van der Waals surface area contributed by atoms with Gasteiger partial charge in [-0.25, -0.2) is 22.2 Å². The number of pyridine rings is 1. The number of nitrogens with zero attached hydrogens (tertiary/aromatic N) is 4. The smallest absolute Gasteiger partial charge is 0.263 e. The van der Waals surface area contributed by atoms with Gasteiger partial charge in [-0.2, -0.15) is 5.10 Å². The Morgan fingerprint density at radius 3 is 2.51 bits per heavy atom. The summed E-state index contributed by atoms with van der Waals surface area (Å²) in [5.74, 6) is -1.26. The zero-order valence-electron chi connectivity index (χ0n) is 26.6. The normalized spacial score (nSPS) is 19.4. The van der Waals surface area contributed by atoms with Gasteiger partial charge in [0.25, 0.3) is 10.0 Å². The molecule has 47 heavy (non-hydrogen) atoms. The van der Waals surface area contributed by atoms with Crippen LogP contribution in [0.25, 0.3) is 22.2 Å². The Labute approximate surface area is 278 Å². The summed E-state index contributed by atoms with van der Waals surface area (Å²) in [5, 5.41) is 5.10. The van der Waals surface area contributed by atoms with Gasteiger partial charge in [0.2, 0.25) is 0 Å². The lowest BCUT2D eigenvalue weighted by Gasteiger charge is -2.39. The van der Waals surface area contributed by atoms with Crippen molar-refractivity contribution >= 4 is 44.0 Å². The Kier molecular flexibility index (Phi) is 9.62. The minimum absolute atomic E-state index is 0.0995. The van der Waals surface area contributed by atoms with Crippen molar-refractivity contribution < 1.29 is 26.7 Å². The molecule has 2 aliphatic rings. The molecule has 14 heteroatoms. The average molecular weight is 689 g/mol. The van der Waals surface area contributed by atoms with E-state index in [1.807, 2.05) is 13.8 Å². The molecule has 0 spiro atoms. The number of nitrogens with two attached hydrogens (primary N) is 1. The summed E-state index contributed by atoms with van der Waals surface area (Å²) in [6.07, 6.45) is 5.78. The van der Waals surface area contributed by atoms with E-state index in [1.165, 1.54) is 18.2 Å². The number of sulfonamides is 1. The molecule has 2 aromatic carbocycles. The Balaban J connectivity index is 1.35. The highest BCUT2D eigenvalue weighted by Crippen LogP contribution is 2.43. The lowest BCUT2D eigenvalue weighted by Crippen LogP contribution is -2.44. The van der Waals surface area contributed by atoms with E-state index in [4.69, 9.17) is 31.9 Å². The van der Waals surface area contributed by atoms with Crippen LogP contribution in [0.2, 0.25) is 5.02 Å². The number of nitrogen functional groups attached to an aromatic ring is 1. The number of anilines is 2. The Hall–Kier alpha value is -3.52.